The third kappa shape index (κ3) is 4.55. The fourth-order valence-corrected chi connectivity index (χ4v) is 6.11. The zero-order valence-corrected chi connectivity index (χ0v) is 22.9. The number of hydrogen-bond acceptors (Lipinski definition) is 4. The van der Waals surface area contributed by atoms with E-state index in [9.17, 15) is 9.18 Å². The highest BCUT2D eigenvalue weighted by Crippen LogP contribution is 2.52. The van der Waals surface area contributed by atoms with Crippen LogP contribution in [0.5, 0.6) is 11.5 Å². The smallest absolute Gasteiger partial charge is 0.162 e. The summed E-state index contributed by atoms with van der Waals surface area (Å²) in [6, 6.07) is 22.4. The van der Waals surface area contributed by atoms with Crippen molar-refractivity contribution in [1.82, 2.24) is 0 Å². The van der Waals surface area contributed by atoms with Gasteiger partial charge in [-0.3, -0.25) is 4.79 Å². The molecule has 0 saturated heterocycles. The number of fused-ring (bicyclic) bond motifs is 4. The monoisotopic (exact) mass is 541 g/mol. The Morgan fingerprint density at radius 1 is 1.00 bits per heavy atom. The molecule has 1 heterocycles. The lowest BCUT2D eigenvalue weighted by atomic mass is 9.68. The molecule has 1 N–H and O–H groups in total. The minimum atomic E-state index is -0.422. The average molecular weight is 542 g/mol. The summed E-state index contributed by atoms with van der Waals surface area (Å²) in [5.41, 5.74) is 5.10. The van der Waals surface area contributed by atoms with Crippen molar-refractivity contribution in [3.63, 3.8) is 0 Å². The van der Waals surface area contributed by atoms with Gasteiger partial charge in [0.15, 0.2) is 17.3 Å². The Bertz CT molecular complexity index is 1640. The van der Waals surface area contributed by atoms with Crippen LogP contribution in [0.4, 0.5) is 10.1 Å². The molecule has 0 bridgehead atoms. The molecule has 39 heavy (non-hydrogen) atoms. The summed E-state index contributed by atoms with van der Waals surface area (Å²) in [4.78, 5) is 13.7. The van der Waals surface area contributed by atoms with E-state index in [2.05, 4.69) is 43.4 Å². The number of benzene rings is 4. The van der Waals surface area contributed by atoms with Gasteiger partial charge in [-0.1, -0.05) is 67.9 Å². The molecule has 0 unspecified atom stereocenters. The molecule has 0 amide bonds. The number of halogens is 2. The molecule has 0 aromatic heterocycles. The first-order chi connectivity index (χ1) is 18.8. The first-order valence-electron chi connectivity index (χ1n) is 13.0. The van der Waals surface area contributed by atoms with Gasteiger partial charge in [0.1, 0.15) is 12.4 Å². The summed E-state index contributed by atoms with van der Waals surface area (Å²) in [5, 5.41) is 6.27. The molecule has 1 atom stereocenters. The van der Waals surface area contributed by atoms with E-state index in [0.29, 0.717) is 22.9 Å². The van der Waals surface area contributed by atoms with Crippen LogP contribution in [-0.2, 0) is 11.4 Å². The zero-order chi connectivity index (χ0) is 27.3. The van der Waals surface area contributed by atoms with Gasteiger partial charge in [0.05, 0.1) is 18.2 Å². The Labute approximate surface area is 232 Å². The summed E-state index contributed by atoms with van der Waals surface area (Å²) in [6.07, 6.45) is 1.31. The Morgan fingerprint density at radius 2 is 1.82 bits per heavy atom. The quantitative estimate of drug-likeness (QED) is 0.275. The van der Waals surface area contributed by atoms with Gasteiger partial charge in [-0.2, -0.15) is 0 Å². The first-order valence-corrected chi connectivity index (χ1v) is 13.4. The molecule has 0 radical (unpaired) electrons. The van der Waals surface area contributed by atoms with Gasteiger partial charge in [-0.25, -0.2) is 4.39 Å². The molecular weight excluding hydrogens is 513 g/mol. The van der Waals surface area contributed by atoms with Crippen LogP contribution in [0, 0.1) is 11.2 Å². The second-order valence-corrected chi connectivity index (χ2v) is 11.4. The van der Waals surface area contributed by atoms with E-state index >= 15 is 0 Å². The molecule has 6 rings (SSSR count). The molecule has 0 saturated carbocycles. The lowest BCUT2D eigenvalue weighted by Crippen LogP contribution is -2.33. The van der Waals surface area contributed by atoms with Crippen LogP contribution in [-0.4, -0.2) is 12.9 Å². The molecule has 2 aliphatic rings. The Hall–Kier alpha value is -3.83. The molecule has 4 nitrogen and oxygen atoms in total. The molecule has 198 valence electrons. The molecular formula is C33H29ClFNO3. The highest BCUT2D eigenvalue weighted by atomic mass is 35.5. The second-order valence-electron chi connectivity index (χ2n) is 11.0. The van der Waals surface area contributed by atoms with Crippen molar-refractivity contribution in [3.05, 3.63) is 106 Å². The van der Waals surface area contributed by atoms with E-state index in [0.717, 1.165) is 45.2 Å². The Morgan fingerprint density at radius 3 is 2.62 bits per heavy atom. The third-order valence-corrected chi connectivity index (χ3v) is 8.05. The van der Waals surface area contributed by atoms with Crippen molar-refractivity contribution >= 4 is 39.4 Å². The molecule has 0 spiro atoms. The topological polar surface area (TPSA) is 47.6 Å². The zero-order valence-electron chi connectivity index (χ0n) is 22.1. The molecule has 4 aromatic rings. The number of ketones is 1. The van der Waals surface area contributed by atoms with Crippen LogP contribution in [0.15, 0.2) is 78.4 Å². The van der Waals surface area contributed by atoms with E-state index in [1.807, 2.05) is 24.3 Å². The number of allylic oxidation sites excluding steroid dienone is 1. The minimum Gasteiger partial charge on any atom is -0.493 e. The number of rotatable bonds is 5. The van der Waals surface area contributed by atoms with Crippen LogP contribution in [0.3, 0.4) is 0 Å². The van der Waals surface area contributed by atoms with E-state index < -0.39 is 5.82 Å². The van der Waals surface area contributed by atoms with Crippen molar-refractivity contribution in [2.45, 2.75) is 39.3 Å². The maximum atomic E-state index is 14.3. The molecule has 0 fully saturated rings. The van der Waals surface area contributed by atoms with Gasteiger partial charge in [0.25, 0.3) is 0 Å². The van der Waals surface area contributed by atoms with Crippen molar-refractivity contribution < 1.29 is 18.7 Å². The molecule has 1 aliphatic carbocycles. The molecule has 1 aliphatic heterocycles. The number of ether oxygens (including phenoxy) is 2. The summed E-state index contributed by atoms with van der Waals surface area (Å²) in [6.45, 7) is 4.28. The maximum Gasteiger partial charge on any atom is 0.162 e. The number of Topliss-reactive ketones (excluding diaryl/α,β-unsaturated/α-hetero) is 1. The maximum absolute atomic E-state index is 14.3. The average Bonchev–Trinajstić information content (AvgIpc) is 2.91. The lowest BCUT2D eigenvalue weighted by molar-refractivity contribution is -0.118. The van der Waals surface area contributed by atoms with Gasteiger partial charge in [0, 0.05) is 28.8 Å². The summed E-state index contributed by atoms with van der Waals surface area (Å²) in [7, 11) is 1.57. The number of carbonyl (C=O) groups is 1. The van der Waals surface area contributed by atoms with Crippen molar-refractivity contribution in [3.8, 4) is 11.5 Å². The van der Waals surface area contributed by atoms with Crippen LogP contribution in [0.2, 0.25) is 5.02 Å². The number of nitrogens with one attached hydrogen (secondary N) is 1. The normalized spacial score (nSPS) is 17.9. The van der Waals surface area contributed by atoms with Crippen LogP contribution < -0.4 is 14.8 Å². The van der Waals surface area contributed by atoms with Gasteiger partial charge in [-0.05, 0) is 64.1 Å². The predicted octanol–water partition coefficient (Wildman–Crippen LogP) is 8.53. The van der Waals surface area contributed by atoms with Crippen molar-refractivity contribution in [1.29, 1.82) is 0 Å². The summed E-state index contributed by atoms with van der Waals surface area (Å²) in [5.74, 6) is 0.699. The SMILES string of the molecule is COc1cc([C@@H]2Nc3ccc4ccccc4c3C3=C2C(=O)CC(C)(C)C3)ccc1OCc1c(F)cccc1Cl. The second kappa shape index (κ2) is 9.73. The van der Waals surface area contributed by atoms with Gasteiger partial charge in [0.2, 0.25) is 0 Å². The highest BCUT2D eigenvalue weighted by Gasteiger charge is 2.41. The highest BCUT2D eigenvalue weighted by molar-refractivity contribution is 6.31. The number of methoxy groups -OCH3 is 1. The molecule has 6 heteroatoms. The van der Waals surface area contributed by atoms with E-state index in [1.54, 1.807) is 25.3 Å². The molecule has 4 aromatic carbocycles. The largest absolute Gasteiger partial charge is 0.493 e. The Balaban J connectivity index is 1.42. The van der Waals surface area contributed by atoms with Crippen LogP contribution in [0.1, 0.15) is 49.4 Å². The summed E-state index contributed by atoms with van der Waals surface area (Å²) >= 11 is 6.18. The number of carbonyl (C=O) groups excluding carboxylic acids is 1. The third-order valence-electron chi connectivity index (χ3n) is 7.69. The van der Waals surface area contributed by atoms with E-state index in [1.165, 1.54) is 6.07 Å². The Kier molecular flexibility index (Phi) is 6.35. The van der Waals surface area contributed by atoms with E-state index in [4.69, 9.17) is 21.1 Å². The van der Waals surface area contributed by atoms with Gasteiger partial charge < -0.3 is 14.8 Å². The van der Waals surface area contributed by atoms with Crippen LogP contribution >= 0.6 is 11.6 Å². The fourth-order valence-electron chi connectivity index (χ4n) is 5.89. The standard InChI is InChI=1S/C33H29ClFNO3/c1-33(2)16-22-30-21-8-5-4-7-19(21)11-13-26(30)36-32(31(22)27(37)17-33)20-12-14-28(29(15-20)38-3)39-18-23-24(34)9-6-10-25(23)35/h4-15,32,36H,16-18H2,1-3H3/t32-/m0/s1. The minimum absolute atomic E-state index is 0.0355. The first kappa shape index (κ1) is 25.4. The van der Waals surface area contributed by atoms with Crippen molar-refractivity contribution in [2.75, 3.05) is 12.4 Å². The summed E-state index contributed by atoms with van der Waals surface area (Å²) < 4.78 is 25.9. The van der Waals surface area contributed by atoms with Crippen LogP contribution in [0.25, 0.3) is 16.3 Å². The lowest BCUT2D eigenvalue weighted by Gasteiger charge is -2.40. The predicted molar refractivity (Wildman–Crippen MR) is 154 cm³/mol. The van der Waals surface area contributed by atoms with Crippen molar-refractivity contribution in [2.24, 2.45) is 5.41 Å². The van der Waals surface area contributed by atoms with Gasteiger partial charge >= 0.3 is 0 Å². The number of hydrogen-bond donors (Lipinski definition) is 1. The van der Waals surface area contributed by atoms with Gasteiger partial charge in [-0.15, -0.1) is 0 Å². The fraction of sp³-hybridized carbons (Fsp3) is 0.242. The van der Waals surface area contributed by atoms with E-state index in [-0.39, 0.29) is 29.4 Å². The number of anilines is 1.